The average molecular weight is 264 g/mol. The average Bonchev–Trinajstić information content (AvgIpc) is 2.40. The van der Waals surface area contributed by atoms with E-state index in [9.17, 15) is 9.59 Å². The number of carbonyl (C=O) groups excluding carboxylic acids is 2. The Bertz CT molecular complexity index is 501. The first-order valence-electron chi connectivity index (χ1n) is 6.00. The molecule has 1 heterocycles. The number of hydrogen-bond donors (Lipinski definition) is 2. The van der Waals surface area contributed by atoms with Crippen LogP contribution in [0.25, 0.3) is 0 Å². The van der Waals surface area contributed by atoms with Crippen LogP contribution < -0.4 is 15.4 Å². The largest absolute Gasteiger partial charge is 0.479 e. The van der Waals surface area contributed by atoms with E-state index in [2.05, 4.69) is 10.6 Å². The van der Waals surface area contributed by atoms with Gasteiger partial charge in [-0.15, -0.1) is 0 Å². The van der Waals surface area contributed by atoms with Crippen molar-refractivity contribution < 1.29 is 19.1 Å². The van der Waals surface area contributed by atoms with E-state index in [1.165, 1.54) is 0 Å². The van der Waals surface area contributed by atoms with Gasteiger partial charge in [-0.3, -0.25) is 9.59 Å². The molecule has 0 radical (unpaired) electrons. The molecule has 1 unspecified atom stereocenters. The highest BCUT2D eigenvalue weighted by molar-refractivity contribution is 6.00. The molecule has 1 aromatic rings. The van der Waals surface area contributed by atoms with Gasteiger partial charge < -0.3 is 20.1 Å². The van der Waals surface area contributed by atoms with Crippen molar-refractivity contribution in [2.75, 3.05) is 25.6 Å². The van der Waals surface area contributed by atoms with Crippen molar-refractivity contribution in [3.05, 3.63) is 23.8 Å². The highest BCUT2D eigenvalue weighted by Gasteiger charge is 2.24. The van der Waals surface area contributed by atoms with Crippen molar-refractivity contribution in [1.82, 2.24) is 5.32 Å². The number of hydrogen-bond acceptors (Lipinski definition) is 4. The van der Waals surface area contributed by atoms with Gasteiger partial charge in [0.2, 0.25) is 0 Å². The first kappa shape index (κ1) is 13.4. The van der Waals surface area contributed by atoms with Gasteiger partial charge in [-0.1, -0.05) is 0 Å². The molecule has 1 aliphatic rings. The summed E-state index contributed by atoms with van der Waals surface area (Å²) in [6, 6.07) is 4.92. The summed E-state index contributed by atoms with van der Waals surface area (Å²) in [5.74, 6) is 0.115. The molecule has 6 nitrogen and oxygen atoms in total. The summed E-state index contributed by atoms with van der Waals surface area (Å²) in [5, 5.41) is 5.43. The normalized spacial score (nSPS) is 17.2. The van der Waals surface area contributed by atoms with Crippen LogP contribution in [0.2, 0.25) is 0 Å². The number of benzene rings is 1. The van der Waals surface area contributed by atoms with Crippen LogP contribution in [0.15, 0.2) is 18.2 Å². The summed E-state index contributed by atoms with van der Waals surface area (Å²) in [5.41, 5.74) is 1.06. The fourth-order valence-electron chi connectivity index (χ4n) is 1.71. The van der Waals surface area contributed by atoms with Gasteiger partial charge in [0, 0.05) is 19.2 Å². The molecule has 1 aromatic carbocycles. The number of amides is 2. The van der Waals surface area contributed by atoms with Gasteiger partial charge in [-0.2, -0.15) is 0 Å². The molecule has 6 heteroatoms. The Kier molecular flexibility index (Phi) is 4.01. The third kappa shape index (κ3) is 3.03. The molecule has 1 aliphatic heterocycles. The van der Waals surface area contributed by atoms with E-state index in [-0.39, 0.29) is 11.8 Å². The lowest BCUT2D eigenvalue weighted by atomic mass is 10.1. The van der Waals surface area contributed by atoms with Crippen LogP contribution in [0.5, 0.6) is 5.75 Å². The maximum atomic E-state index is 11.8. The van der Waals surface area contributed by atoms with E-state index >= 15 is 0 Å². The van der Waals surface area contributed by atoms with Gasteiger partial charge >= 0.3 is 0 Å². The van der Waals surface area contributed by atoms with Gasteiger partial charge in [0.05, 0.1) is 12.3 Å². The third-order valence-electron chi connectivity index (χ3n) is 2.77. The zero-order valence-corrected chi connectivity index (χ0v) is 10.9. The van der Waals surface area contributed by atoms with Gasteiger partial charge in [-0.25, -0.2) is 0 Å². The van der Waals surface area contributed by atoms with Crippen LogP contribution in [0.1, 0.15) is 17.3 Å². The van der Waals surface area contributed by atoms with Crippen LogP contribution in [-0.4, -0.2) is 38.2 Å². The standard InChI is InChI=1S/C13H16N2O4/c1-8-12(16)15-10-4-3-9(7-11(10)19-8)13(17)14-5-6-18-2/h3-4,7-8H,5-6H2,1-2H3,(H,14,17)(H,15,16). The Morgan fingerprint density at radius 1 is 1.53 bits per heavy atom. The van der Waals surface area contributed by atoms with Gasteiger partial charge in [-0.05, 0) is 25.1 Å². The van der Waals surface area contributed by atoms with Crippen molar-refractivity contribution in [3.8, 4) is 5.75 Å². The summed E-state index contributed by atoms with van der Waals surface area (Å²) < 4.78 is 10.3. The molecular formula is C13H16N2O4. The second-order valence-electron chi connectivity index (χ2n) is 4.21. The van der Waals surface area contributed by atoms with Gasteiger partial charge in [0.15, 0.2) is 6.10 Å². The number of fused-ring (bicyclic) bond motifs is 1. The van der Waals surface area contributed by atoms with Crippen LogP contribution in [0.3, 0.4) is 0 Å². The summed E-state index contributed by atoms with van der Waals surface area (Å²) in [6.45, 7) is 2.56. The number of anilines is 1. The van der Waals surface area contributed by atoms with Crippen molar-refractivity contribution in [2.45, 2.75) is 13.0 Å². The number of carbonyl (C=O) groups is 2. The Hall–Kier alpha value is -2.08. The van der Waals surface area contributed by atoms with E-state index in [0.717, 1.165) is 0 Å². The summed E-state index contributed by atoms with van der Waals surface area (Å²) in [7, 11) is 1.57. The second kappa shape index (κ2) is 5.71. The maximum Gasteiger partial charge on any atom is 0.265 e. The molecular weight excluding hydrogens is 248 g/mol. The summed E-state index contributed by atoms with van der Waals surface area (Å²) >= 11 is 0. The number of rotatable bonds is 4. The van der Waals surface area contributed by atoms with E-state index in [1.54, 1.807) is 32.2 Å². The third-order valence-corrected chi connectivity index (χ3v) is 2.77. The molecule has 2 rings (SSSR count). The Balaban J connectivity index is 2.10. The van der Waals surface area contributed by atoms with Crippen molar-refractivity contribution >= 4 is 17.5 Å². The Morgan fingerprint density at radius 3 is 3.05 bits per heavy atom. The lowest BCUT2D eigenvalue weighted by Gasteiger charge is -2.23. The number of methoxy groups -OCH3 is 1. The topological polar surface area (TPSA) is 76.7 Å². The van der Waals surface area contributed by atoms with E-state index in [0.29, 0.717) is 30.2 Å². The van der Waals surface area contributed by atoms with Crippen LogP contribution in [-0.2, 0) is 9.53 Å². The predicted molar refractivity (Wildman–Crippen MR) is 69.4 cm³/mol. The molecule has 0 bridgehead atoms. The van der Waals surface area contributed by atoms with E-state index < -0.39 is 6.10 Å². The minimum atomic E-state index is -0.556. The smallest absolute Gasteiger partial charge is 0.265 e. The lowest BCUT2D eigenvalue weighted by Crippen LogP contribution is -2.34. The van der Waals surface area contributed by atoms with Crippen LogP contribution >= 0.6 is 0 Å². The Labute approximate surface area is 111 Å². The highest BCUT2D eigenvalue weighted by atomic mass is 16.5. The van der Waals surface area contributed by atoms with Crippen molar-refractivity contribution in [3.63, 3.8) is 0 Å². The molecule has 2 N–H and O–H groups in total. The van der Waals surface area contributed by atoms with Crippen LogP contribution in [0, 0.1) is 0 Å². The molecule has 102 valence electrons. The van der Waals surface area contributed by atoms with Gasteiger partial charge in [0.25, 0.3) is 11.8 Å². The van der Waals surface area contributed by atoms with Crippen LogP contribution in [0.4, 0.5) is 5.69 Å². The maximum absolute atomic E-state index is 11.8. The molecule has 0 saturated heterocycles. The predicted octanol–water partition coefficient (Wildman–Crippen LogP) is 0.782. The molecule has 1 atom stereocenters. The molecule has 0 spiro atoms. The van der Waals surface area contributed by atoms with E-state index in [4.69, 9.17) is 9.47 Å². The van der Waals surface area contributed by atoms with Gasteiger partial charge in [0.1, 0.15) is 5.75 Å². The first-order chi connectivity index (χ1) is 9.11. The lowest BCUT2D eigenvalue weighted by molar-refractivity contribution is -0.122. The van der Waals surface area contributed by atoms with E-state index in [1.807, 2.05) is 0 Å². The molecule has 0 fully saturated rings. The molecule has 0 saturated carbocycles. The molecule has 19 heavy (non-hydrogen) atoms. The highest BCUT2D eigenvalue weighted by Crippen LogP contribution is 2.30. The molecule has 0 aromatic heterocycles. The minimum absolute atomic E-state index is 0.190. The fourth-order valence-corrected chi connectivity index (χ4v) is 1.71. The Morgan fingerprint density at radius 2 is 2.32 bits per heavy atom. The second-order valence-corrected chi connectivity index (χ2v) is 4.21. The quantitative estimate of drug-likeness (QED) is 0.788. The number of ether oxygens (including phenoxy) is 2. The number of nitrogens with one attached hydrogen (secondary N) is 2. The van der Waals surface area contributed by atoms with Crippen molar-refractivity contribution in [2.24, 2.45) is 0 Å². The SMILES string of the molecule is COCCNC(=O)c1ccc2c(c1)OC(C)C(=O)N2. The van der Waals surface area contributed by atoms with Crippen molar-refractivity contribution in [1.29, 1.82) is 0 Å². The zero-order valence-electron chi connectivity index (χ0n) is 10.9. The summed E-state index contributed by atoms with van der Waals surface area (Å²) in [6.07, 6.45) is -0.556. The monoisotopic (exact) mass is 264 g/mol. The zero-order chi connectivity index (χ0) is 13.8. The first-order valence-corrected chi connectivity index (χ1v) is 6.00. The minimum Gasteiger partial charge on any atom is -0.479 e. The summed E-state index contributed by atoms with van der Waals surface area (Å²) in [4.78, 5) is 23.3. The fraction of sp³-hybridized carbons (Fsp3) is 0.385. The molecule has 2 amide bonds. The molecule has 0 aliphatic carbocycles.